The third kappa shape index (κ3) is 4.18. The molecule has 0 spiro atoms. The summed E-state index contributed by atoms with van der Waals surface area (Å²) in [6.45, 7) is 2.21. The lowest BCUT2D eigenvalue weighted by Gasteiger charge is -2.35. The second-order valence-corrected chi connectivity index (χ2v) is 8.57. The fourth-order valence-corrected chi connectivity index (χ4v) is 5.02. The standard InChI is InChI=1S/C21H23ClN2O3S/c22-15-5-7-16(8-6-15)27-13-20(25)23-9-11-24(12-10-23)21(26)18-14-28-19-4-2-1-3-17(18)19/h5-8,14H,1-4,9-13H2. The van der Waals surface area contributed by atoms with Gasteiger partial charge in [0.15, 0.2) is 6.61 Å². The van der Waals surface area contributed by atoms with E-state index in [1.54, 1.807) is 40.5 Å². The van der Waals surface area contributed by atoms with Crippen LogP contribution in [0, 0.1) is 0 Å². The Bertz CT molecular complexity index is 857. The van der Waals surface area contributed by atoms with E-state index in [2.05, 4.69) is 0 Å². The van der Waals surface area contributed by atoms with E-state index in [0.29, 0.717) is 37.0 Å². The fraction of sp³-hybridized carbons (Fsp3) is 0.429. The van der Waals surface area contributed by atoms with Crippen LogP contribution in [0.5, 0.6) is 5.75 Å². The Morgan fingerprint density at radius 1 is 1.00 bits per heavy atom. The zero-order chi connectivity index (χ0) is 19.5. The van der Waals surface area contributed by atoms with Gasteiger partial charge in [0.2, 0.25) is 0 Å². The van der Waals surface area contributed by atoms with Crippen LogP contribution in [0.2, 0.25) is 5.02 Å². The number of thiophene rings is 1. The summed E-state index contributed by atoms with van der Waals surface area (Å²) in [7, 11) is 0. The molecule has 0 unspecified atom stereocenters. The monoisotopic (exact) mass is 418 g/mol. The largest absolute Gasteiger partial charge is 0.484 e. The lowest BCUT2D eigenvalue weighted by molar-refractivity contribution is -0.134. The second-order valence-electron chi connectivity index (χ2n) is 7.17. The molecule has 2 aromatic rings. The number of carbonyl (C=O) groups is 2. The van der Waals surface area contributed by atoms with Crippen LogP contribution >= 0.6 is 22.9 Å². The Hall–Kier alpha value is -2.05. The molecular weight excluding hydrogens is 396 g/mol. The number of amides is 2. The molecule has 2 heterocycles. The third-order valence-corrected chi connectivity index (χ3v) is 6.73. The molecule has 7 heteroatoms. The van der Waals surface area contributed by atoms with Gasteiger partial charge in [0, 0.05) is 41.5 Å². The van der Waals surface area contributed by atoms with E-state index in [9.17, 15) is 9.59 Å². The van der Waals surface area contributed by atoms with Gasteiger partial charge in [-0.1, -0.05) is 11.6 Å². The lowest BCUT2D eigenvalue weighted by atomic mass is 9.95. The number of fused-ring (bicyclic) bond motifs is 1. The predicted octanol–water partition coefficient (Wildman–Crippen LogP) is 3.64. The Kier molecular flexibility index (Phi) is 5.87. The quantitative estimate of drug-likeness (QED) is 0.761. The SMILES string of the molecule is O=C(COc1ccc(Cl)cc1)N1CCN(C(=O)c2csc3c2CCCC3)CC1. The smallest absolute Gasteiger partial charge is 0.260 e. The van der Waals surface area contributed by atoms with Crippen LogP contribution in [0.15, 0.2) is 29.6 Å². The molecule has 28 heavy (non-hydrogen) atoms. The predicted molar refractivity (Wildman–Crippen MR) is 110 cm³/mol. The molecule has 0 bridgehead atoms. The number of ether oxygens (including phenoxy) is 1. The van der Waals surface area contributed by atoms with Gasteiger partial charge in [-0.05, 0) is 55.5 Å². The minimum absolute atomic E-state index is 0.00633. The first-order valence-corrected chi connectivity index (χ1v) is 10.9. The van der Waals surface area contributed by atoms with Gasteiger partial charge < -0.3 is 14.5 Å². The molecule has 0 radical (unpaired) electrons. The minimum Gasteiger partial charge on any atom is -0.484 e. The summed E-state index contributed by atoms with van der Waals surface area (Å²) < 4.78 is 5.54. The van der Waals surface area contributed by atoms with Crippen molar-refractivity contribution in [1.29, 1.82) is 0 Å². The summed E-state index contributed by atoms with van der Waals surface area (Å²) in [5.41, 5.74) is 2.14. The van der Waals surface area contributed by atoms with Crippen LogP contribution in [-0.2, 0) is 17.6 Å². The van der Waals surface area contributed by atoms with Gasteiger partial charge in [-0.2, -0.15) is 0 Å². The summed E-state index contributed by atoms with van der Waals surface area (Å²) >= 11 is 7.57. The summed E-state index contributed by atoms with van der Waals surface area (Å²) in [5.74, 6) is 0.674. The van der Waals surface area contributed by atoms with Crippen LogP contribution in [0.3, 0.4) is 0 Å². The van der Waals surface area contributed by atoms with Crippen LogP contribution in [0.25, 0.3) is 0 Å². The summed E-state index contributed by atoms with van der Waals surface area (Å²) in [6.07, 6.45) is 4.50. The molecule has 0 saturated carbocycles. The molecule has 1 fully saturated rings. The van der Waals surface area contributed by atoms with Gasteiger partial charge in [0.05, 0.1) is 5.56 Å². The number of hydrogen-bond donors (Lipinski definition) is 0. The highest BCUT2D eigenvalue weighted by Crippen LogP contribution is 2.31. The lowest BCUT2D eigenvalue weighted by Crippen LogP contribution is -2.51. The van der Waals surface area contributed by atoms with Crippen molar-refractivity contribution in [3.8, 4) is 5.75 Å². The third-order valence-electron chi connectivity index (χ3n) is 5.39. The summed E-state index contributed by atoms with van der Waals surface area (Å²) in [5, 5.41) is 2.65. The molecule has 2 aliphatic rings. The number of halogens is 1. The van der Waals surface area contributed by atoms with Crippen molar-refractivity contribution in [1.82, 2.24) is 9.80 Å². The molecule has 1 aliphatic carbocycles. The molecule has 5 nitrogen and oxygen atoms in total. The van der Waals surface area contributed by atoms with Crippen molar-refractivity contribution in [2.24, 2.45) is 0 Å². The number of benzene rings is 1. The van der Waals surface area contributed by atoms with Crippen molar-refractivity contribution >= 4 is 34.8 Å². The molecule has 4 rings (SSSR count). The highest BCUT2D eigenvalue weighted by molar-refractivity contribution is 7.10. The number of rotatable bonds is 4. The number of nitrogens with zero attached hydrogens (tertiary/aromatic N) is 2. The molecule has 1 aliphatic heterocycles. The number of aryl methyl sites for hydroxylation is 1. The van der Waals surface area contributed by atoms with Crippen molar-refractivity contribution in [3.63, 3.8) is 0 Å². The minimum atomic E-state index is -0.0602. The van der Waals surface area contributed by atoms with Crippen LogP contribution in [0.4, 0.5) is 0 Å². The topological polar surface area (TPSA) is 49.9 Å². The molecular formula is C21H23ClN2O3S. The Morgan fingerprint density at radius 2 is 1.68 bits per heavy atom. The van der Waals surface area contributed by atoms with Gasteiger partial charge in [-0.3, -0.25) is 9.59 Å². The Labute approximate surface area is 173 Å². The number of piperazine rings is 1. The molecule has 2 amide bonds. The molecule has 0 N–H and O–H groups in total. The van der Waals surface area contributed by atoms with E-state index in [0.717, 1.165) is 18.4 Å². The van der Waals surface area contributed by atoms with Crippen molar-refractivity contribution < 1.29 is 14.3 Å². The van der Waals surface area contributed by atoms with E-state index in [1.165, 1.54) is 23.3 Å². The van der Waals surface area contributed by atoms with Crippen LogP contribution in [0.1, 0.15) is 33.6 Å². The molecule has 1 saturated heterocycles. The highest BCUT2D eigenvalue weighted by Gasteiger charge is 2.28. The first-order valence-electron chi connectivity index (χ1n) is 9.66. The van der Waals surface area contributed by atoms with E-state index in [-0.39, 0.29) is 18.4 Å². The van der Waals surface area contributed by atoms with Gasteiger partial charge in [-0.25, -0.2) is 0 Å². The fourth-order valence-electron chi connectivity index (χ4n) is 3.77. The van der Waals surface area contributed by atoms with Crippen molar-refractivity contribution in [2.45, 2.75) is 25.7 Å². The average molecular weight is 419 g/mol. The van der Waals surface area contributed by atoms with E-state index in [1.807, 2.05) is 10.3 Å². The zero-order valence-corrected chi connectivity index (χ0v) is 17.2. The molecule has 0 atom stereocenters. The number of hydrogen-bond acceptors (Lipinski definition) is 4. The van der Waals surface area contributed by atoms with Gasteiger partial charge in [0.1, 0.15) is 5.75 Å². The van der Waals surface area contributed by atoms with E-state index >= 15 is 0 Å². The zero-order valence-electron chi connectivity index (χ0n) is 15.7. The van der Waals surface area contributed by atoms with Gasteiger partial charge in [0.25, 0.3) is 11.8 Å². The van der Waals surface area contributed by atoms with Crippen LogP contribution in [-0.4, -0.2) is 54.4 Å². The summed E-state index contributed by atoms with van der Waals surface area (Å²) in [6, 6.07) is 6.95. The number of carbonyl (C=O) groups excluding carboxylic acids is 2. The molecule has 1 aromatic carbocycles. The van der Waals surface area contributed by atoms with Crippen molar-refractivity contribution in [3.05, 3.63) is 50.7 Å². The molecule has 148 valence electrons. The normalized spacial score (nSPS) is 16.6. The van der Waals surface area contributed by atoms with E-state index < -0.39 is 0 Å². The maximum atomic E-state index is 12.9. The molecule has 1 aromatic heterocycles. The highest BCUT2D eigenvalue weighted by atomic mass is 35.5. The van der Waals surface area contributed by atoms with Gasteiger partial charge in [-0.15, -0.1) is 11.3 Å². The van der Waals surface area contributed by atoms with Crippen molar-refractivity contribution in [2.75, 3.05) is 32.8 Å². The summed E-state index contributed by atoms with van der Waals surface area (Å²) in [4.78, 5) is 30.4. The Morgan fingerprint density at radius 3 is 2.43 bits per heavy atom. The maximum Gasteiger partial charge on any atom is 0.260 e. The maximum absolute atomic E-state index is 12.9. The second kappa shape index (κ2) is 8.53. The Balaban J connectivity index is 1.29. The van der Waals surface area contributed by atoms with E-state index in [4.69, 9.17) is 16.3 Å². The van der Waals surface area contributed by atoms with Gasteiger partial charge >= 0.3 is 0 Å². The first-order chi connectivity index (χ1) is 13.6. The average Bonchev–Trinajstić information content (AvgIpc) is 3.17. The first kappa shape index (κ1) is 19.3. The van der Waals surface area contributed by atoms with Crippen LogP contribution < -0.4 is 4.74 Å².